The zero-order valence-corrected chi connectivity index (χ0v) is 15.8. The number of benzene rings is 1. The summed E-state index contributed by atoms with van der Waals surface area (Å²) in [5, 5.41) is 2.87. The van der Waals surface area contributed by atoms with E-state index >= 15 is 0 Å². The summed E-state index contributed by atoms with van der Waals surface area (Å²) >= 11 is 0. The first-order chi connectivity index (χ1) is 13.6. The molecule has 0 saturated heterocycles. The Morgan fingerprint density at radius 2 is 2.00 bits per heavy atom. The van der Waals surface area contributed by atoms with Crippen molar-refractivity contribution < 1.29 is 23.8 Å². The Labute approximate surface area is 164 Å². The van der Waals surface area contributed by atoms with Gasteiger partial charge in [0.15, 0.2) is 6.61 Å². The number of aromatic nitrogens is 1. The zero-order valence-electron chi connectivity index (χ0n) is 15.8. The van der Waals surface area contributed by atoms with Gasteiger partial charge in [0.2, 0.25) is 5.88 Å². The van der Waals surface area contributed by atoms with Crippen LogP contribution in [0.5, 0.6) is 11.6 Å². The Balaban J connectivity index is 1.54. The summed E-state index contributed by atoms with van der Waals surface area (Å²) in [7, 11) is 1.29. The third kappa shape index (κ3) is 5.70. The van der Waals surface area contributed by atoms with Gasteiger partial charge >= 0.3 is 5.97 Å². The highest BCUT2D eigenvalue weighted by Gasteiger charge is 2.17. The summed E-state index contributed by atoms with van der Waals surface area (Å²) in [4.78, 5) is 27.8. The van der Waals surface area contributed by atoms with Crippen LogP contribution in [0.15, 0.2) is 42.6 Å². The summed E-state index contributed by atoms with van der Waals surface area (Å²) in [6.45, 7) is 0.151. The van der Waals surface area contributed by atoms with Gasteiger partial charge in [0.1, 0.15) is 11.9 Å². The lowest BCUT2D eigenvalue weighted by Gasteiger charge is -2.13. The van der Waals surface area contributed by atoms with Crippen LogP contribution >= 0.6 is 0 Å². The number of hydrogen-bond acceptors (Lipinski definition) is 6. The molecule has 28 heavy (non-hydrogen) atoms. The fourth-order valence-corrected chi connectivity index (χ4v) is 3.01. The van der Waals surface area contributed by atoms with Crippen LogP contribution in [0.25, 0.3) is 0 Å². The normalized spacial score (nSPS) is 13.8. The number of carbonyl (C=O) groups excluding carboxylic acids is 2. The van der Waals surface area contributed by atoms with Crippen LogP contribution in [0.3, 0.4) is 0 Å². The first-order valence-corrected chi connectivity index (χ1v) is 9.33. The van der Waals surface area contributed by atoms with Crippen LogP contribution in [0, 0.1) is 0 Å². The van der Waals surface area contributed by atoms with E-state index in [-0.39, 0.29) is 18.6 Å². The summed E-state index contributed by atoms with van der Waals surface area (Å²) < 4.78 is 15.7. The maximum absolute atomic E-state index is 12.4. The lowest BCUT2D eigenvalue weighted by molar-refractivity contribution is -0.142. The number of pyridine rings is 1. The van der Waals surface area contributed by atoms with E-state index in [9.17, 15) is 9.59 Å². The summed E-state index contributed by atoms with van der Waals surface area (Å²) in [5.41, 5.74) is 1.35. The van der Waals surface area contributed by atoms with Gasteiger partial charge in [-0.25, -0.2) is 9.78 Å². The maximum atomic E-state index is 12.4. The minimum absolute atomic E-state index is 0.206. The van der Waals surface area contributed by atoms with E-state index in [1.54, 1.807) is 30.5 Å². The third-order valence-electron chi connectivity index (χ3n) is 4.52. The lowest BCUT2D eigenvalue weighted by atomic mass is 10.2. The van der Waals surface area contributed by atoms with Crippen molar-refractivity contribution in [1.82, 2.24) is 10.3 Å². The second-order valence-electron chi connectivity index (χ2n) is 6.60. The number of hydrogen-bond donors (Lipinski definition) is 1. The van der Waals surface area contributed by atoms with Crippen LogP contribution in [-0.4, -0.2) is 36.7 Å². The second kappa shape index (κ2) is 9.73. The van der Waals surface area contributed by atoms with Gasteiger partial charge in [-0.05, 0) is 55.5 Å². The number of ether oxygens (including phenoxy) is 3. The summed E-state index contributed by atoms with van der Waals surface area (Å²) in [5.74, 6) is 0.299. The Morgan fingerprint density at radius 3 is 2.79 bits per heavy atom. The van der Waals surface area contributed by atoms with Gasteiger partial charge in [-0.15, -0.1) is 0 Å². The minimum atomic E-state index is -0.483. The first-order valence-electron chi connectivity index (χ1n) is 9.33. The van der Waals surface area contributed by atoms with E-state index < -0.39 is 5.97 Å². The highest BCUT2D eigenvalue weighted by Crippen LogP contribution is 2.23. The van der Waals surface area contributed by atoms with Gasteiger partial charge in [-0.1, -0.05) is 6.07 Å². The molecule has 0 atom stereocenters. The zero-order chi connectivity index (χ0) is 19.8. The van der Waals surface area contributed by atoms with Crippen LogP contribution in [0.4, 0.5) is 0 Å². The molecule has 0 bridgehead atoms. The average Bonchev–Trinajstić information content (AvgIpc) is 3.23. The molecule has 7 heteroatoms. The number of rotatable bonds is 8. The third-order valence-corrected chi connectivity index (χ3v) is 4.52. The van der Waals surface area contributed by atoms with Crippen molar-refractivity contribution in [2.75, 3.05) is 13.7 Å². The fraction of sp³-hybridized carbons (Fsp3) is 0.381. The number of carbonyl (C=O) groups is 2. The summed E-state index contributed by atoms with van der Waals surface area (Å²) in [6, 6.07) is 10.3. The van der Waals surface area contributed by atoms with Gasteiger partial charge in [-0.2, -0.15) is 0 Å². The van der Waals surface area contributed by atoms with Gasteiger partial charge in [0.05, 0.1) is 7.11 Å². The number of nitrogens with one attached hydrogen (secondary N) is 1. The molecule has 1 heterocycles. The smallest absolute Gasteiger partial charge is 0.343 e. The monoisotopic (exact) mass is 384 g/mol. The molecule has 148 valence electrons. The highest BCUT2D eigenvalue weighted by atomic mass is 16.6. The minimum Gasteiger partial charge on any atom is -0.482 e. The van der Waals surface area contributed by atoms with E-state index in [0.29, 0.717) is 23.7 Å². The summed E-state index contributed by atoms with van der Waals surface area (Å²) in [6.07, 6.45) is 6.46. The molecule has 1 aliphatic rings. The van der Waals surface area contributed by atoms with Crippen LogP contribution in [0.2, 0.25) is 0 Å². The topological polar surface area (TPSA) is 86.8 Å². The van der Waals surface area contributed by atoms with Crippen molar-refractivity contribution in [3.05, 3.63) is 53.7 Å². The molecule has 0 spiro atoms. The standard InChI is InChI=1S/C21H24N2O5/c1-26-20(24)14-27-18-8-4-5-16(12-18)21(25)23-13-15-9-10-22-19(11-15)28-17-6-2-3-7-17/h4-5,8-12,17H,2-3,6-7,13-14H2,1H3,(H,23,25). The number of amides is 1. The SMILES string of the molecule is COC(=O)COc1cccc(C(=O)NCc2ccnc(OC3CCCC3)c2)c1. The molecule has 7 nitrogen and oxygen atoms in total. The van der Waals surface area contributed by atoms with Gasteiger partial charge in [-0.3, -0.25) is 4.79 Å². The molecular weight excluding hydrogens is 360 g/mol. The van der Waals surface area contributed by atoms with Gasteiger partial charge in [0.25, 0.3) is 5.91 Å². The van der Waals surface area contributed by atoms with Crippen molar-refractivity contribution in [1.29, 1.82) is 0 Å². The van der Waals surface area contributed by atoms with Crippen molar-refractivity contribution >= 4 is 11.9 Å². The Hall–Kier alpha value is -3.09. The van der Waals surface area contributed by atoms with Crippen LogP contribution in [-0.2, 0) is 16.1 Å². The maximum Gasteiger partial charge on any atom is 0.343 e. The molecule has 3 rings (SSSR count). The number of nitrogens with zero attached hydrogens (tertiary/aromatic N) is 1. The van der Waals surface area contributed by atoms with E-state index in [4.69, 9.17) is 9.47 Å². The van der Waals surface area contributed by atoms with Crippen LogP contribution < -0.4 is 14.8 Å². The molecule has 2 aromatic rings. The van der Waals surface area contributed by atoms with E-state index in [0.717, 1.165) is 18.4 Å². The largest absolute Gasteiger partial charge is 0.482 e. The molecule has 1 saturated carbocycles. The number of methoxy groups -OCH3 is 1. The molecule has 1 fully saturated rings. The predicted molar refractivity (Wildman–Crippen MR) is 102 cm³/mol. The predicted octanol–water partition coefficient (Wildman–Crippen LogP) is 2.88. The molecule has 0 aliphatic heterocycles. The van der Waals surface area contributed by atoms with E-state index in [1.165, 1.54) is 20.0 Å². The Kier molecular flexibility index (Phi) is 6.84. The molecule has 1 amide bonds. The Morgan fingerprint density at radius 1 is 1.18 bits per heavy atom. The van der Waals surface area contributed by atoms with Crippen molar-refractivity contribution in [3.8, 4) is 11.6 Å². The van der Waals surface area contributed by atoms with Crippen molar-refractivity contribution in [2.24, 2.45) is 0 Å². The fourth-order valence-electron chi connectivity index (χ4n) is 3.01. The van der Waals surface area contributed by atoms with E-state index in [2.05, 4.69) is 15.0 Å². The second-order valence-corrected chi connectivity index (χ2v) is 6.60. The van der Waals surface area contributed by atoms with Crippen molar-refractivity contribution in [2.45, 2.75) is 38.3 Å². The quantitative estimate of drug-likeness (QED) is 0.704. The molecule has 1 aromatic heterocycles. The molecular formula is C21H24N2O5. The lowest BCUT2D eigenvalue weighted by Crippen LogP contribution is -2.23. The highest BCUT2D eigenvalue weighted by molar-refractivity contribution is 5.94. The van der Waals surface area contributed by atoms with Gasteiger partial charge < -0.3 is 19.5 Å². The Bertz CT molecular complexity index is 818. The molecule has 1 aliphatic carbocycles. The molecule has 1 N–H and O–H groups in total. The van der Waals surface area contributed by atoms with Gasteiger partial charge in [0, 0.05) is 24.4 Å². The van der Waals surface area contributed by atoms with Crippen LogP contribution in [0.1, 0.15) is 41.6 Å². The first kappa shape index (κ1) is 19.7. The van der Waals surface area contributed by atoms with Crippen molar-refractivity contribution in [3.63, 3.8) is 0 Å². The molecule has 1 aromatic carbocycles. The average molecular weight is 384 g/mol. The van der Waals surface area contributed by atoms with E-state index in [1.807, 2.05) is 12.1 Å². The number of esters is 1. The molecule has 0 unspecified atom stereocenters. The molecule has 0 radical (unpaired) electrons.